The fourth-order valence-corrected chi connectivity index (χ4v) is 9.88. The van der Waals surface area contributed by atoms with Gasteiger partial charge in [-0.1, -0.05) is 134 Å². The van der Waals surface area contributed by atoms with Crippen molar-refractivity contribution in [3.63, 3.8) is 0 Å². The molecular formula is C31H24Si. The fourth-order valence-electron chi connectivity index (χ4n) is 5.42. The van der Waals surface area contributed by atoms with Crippen LogP contribution in [-0.4, -0.2) is 8.07 Å². The summed E-state index contributed by atoms with van der Waals surface area (Å²) >= 11 is 0. The molecule has 0 aromatic heterocycles. The first-order valence-electron chi connectivity index (χ1n) is 11.2. The molecule has 6 aromatic carbocycles. The number of hydrogen-bond donors (Lipinski definition) is 0. The summed E-state index contributed by atoms with van der Waals surface area (Å²) in [5.41, 5.74) is 0. The molecule has 0 saturated heterocycles. The molecule has 0 amide bonds. The van der Waals surface area contributed by atoms with Gasteiger partial charge < -0.3 is 0 Å². The predicted molar refractivity (Wildman–Crippen MR) is 142 cm³/mol. The van der Waals surface area contributed by atoms with Gasteiger partial charge in [0.2, 0.25) is 0 Å². The zero-order chi connectivity index (χ0) is 21.5. The molecule has 0 heterocycles. The van der Waals surface area contributed by atoms with Crippen LogP contribution >= 0.6 is 0 Å². The Morgan fingerprint density at radius 1 is 0.344 bits per heavy atom. The van der Waals surface area contributed by atoms with Crippen molar-refractivity contribution >= 4 is 56.0 Å². The van der Waals surface area contributed by atoms with E-state index in [1.54, 1.807) is 0 Å². The third kappa shape index (κ3) is 2.82. The van der Waals surface area contributed by atoms with Crippen molar-refractivity contribution in [2.24, 2.45) is 0 Å². The van der Waals surface area contributed by atoms with Crippen LogP contribution in [0.25, 0.3) is 32.3 Å². The van der Waals surface area contributed by atoms with Crippen LogP contribution in [0.2, 0.25) is 6.55 Å². The van der Waals surface area contributed by atoms with Crippen LogP contribution < -0.4 is 15.6 Å². The smallest absolute Gasteiger partial charge is 0.0617 e. The van der Waals surface area contributed by atoms with E-state index in [1.807, 2.05) is 0 Å². The predicted octanol–water partition coefficient (Wildman–Crippen LogP) is 6.25. The molecule has 6 rings (SSSR count). The Bertz CT molecular complexity index is 1390. The van der Waals surface area contributed by atoms with Gasteiger partial charge in [-0.2, -0.15) is 0 Å². The minimum absolute atomic E-state index is 1.31. The van der Waals surface area contributed by atoms with Gasteiger partial charge in [-0.05, 0) is 47.9 Å². The summed E-state index contributed by atoms with van der Waals surface area (Å²) in [5, 5.41) is 12.5. The average molecular weight is 425 g/mol. The quantitative estimate of drug-likeness (QED) is 0.233. The molecule has 0 atom stereocenters. The largest absolute Gasteiger partial charge is 0.147 e. The second-order valence-corrected chi connectivity index (χ2v) is 12.6. The van der Waals surface area contributed by atoms with Gasteiger partial charge in [0.1, 0.15) is 8.07 Å². The lowest BCUT2D eigenvalue weighted by molar-refractivity contribution is 1.71. The van der Waals surface area contributed by atoms with E-state index in [0.717, 1.165) is 0 Å². The zero-order valence-electron chi connectivity index (χ0n) is 18.1. The molecule has 0 nitrogen and oxygen atoms in total. The fraction of sp³-hybridized carbons (Fsp3) is 0.0323. The molecule has 32 heavy (non-hydrogen) atoms. The second kappa shape index (κ2) is 7.47. The number of benzene rings is 6. The van der Waals surface area contributed by atoms with Crippen LogP contribution in [0.4, 0.5) is 0 Å². The first-order valence-corrected chi connectivity index (χ1v) is 13.7. The van der Waals surface area contributed by atoms with Gasteiger partial charge in [0.05, 0.1) is 0 Å². The molecule has 0 aliphatic carbocycles. The van der Waals surface area contributed by atoms with E-state index in [9.17, 15) is 0 Å². The van der Waals surface area contributed by atoms with Crippen molar-refractivity contribution in [1.29, 1.82) is 0 Å². The van der Waals surface area contributed by atoms with Crippen LogP contribution in [0.15, 0.2) is 127 Å². The summed E-state index contributed by atoms with van der Waals surface area (Å²) in [4.78, 5) is 0. The van der Waals surface area contributed by atoms with Gasteiger partial charge in [-0.3, -0.25) is 0 Å². The Hall–Kier alpha value is -3.68. The van der Waals surface area contributed by atoms with Crippen molar-refractivity contribution in [3.8, 4) is 0 Å². The summed E-state index contributed by atoms with van der Waals surface area (Å²) in [6, 6.07) is 47.1. The molecule has 0 fully saturated rings. The molecule has 0 N–H and O–H groups in total. The highest BCUT2D eigenvalue weighted by Gasteiger charge is 2.37. The van der Waals surface area contributed by atoms with Crippen LogP contribution in [-0.2, 0) is 0 Å². The number of rotatable bonds is 3. The minimum Gasteiger partial charge on any atom is -0.0617 e. The summed E-state index contributed by atoms with van der Waals surface area (Å²) in [6.45, 7) is 2.54. The second-order valence-electron chi connectivity index (χ2n) is 8.71. The lowest BCUT2D eigenvalue weighted by atomic mass is 10.1. The van der Waals surface area contributed by atoms with Crippen LogP contribution in [0.1, 0.15) is 0 Å². The van der Waals surface area contributed by atoms with Gasteiger partial charge in [0, 0.05) is 0 Å². The molecule has 0 saturated carbocycles. The summed E-state index contributed by atoms with van der Waals surface area (Å²) in [7, 11) is -2.37. The first kappa shape index (κ1) is 19.0. The highest BCUT2D eigenvalue weighted by atomic mass is 28.3. The van der Waals surface area contributed by atoms with Crippen LogP contribution in [0, 0.1) is 0 Å². The SMILES string of the molecule is C[Si](c1cccc2ccccc12)(c1cccc2ccccc12)c1cccc2ccccc12. The number of fused-ring (bicyclic) bond motifs is 3. The zero-order valence-corrected chi connectivity index (χ0v) is 19.1. The first-order chi connectivity index (χ1) is 15.8. The van der Waals surface area contributed by atoms with Gasteiger partial charge in [-0.25, -0.2) is 0 Å². The highest BCUT2D eigenvalue weighted by Crippen LogP contribution is 2.23. The van der Waals surface area contributed by atoms with Gasteiger partial charge in [0.15, 0.2) is 0 Å². The Morgan fingerprint density at radius 2 is 0.625 bits per heavy atom. The normalized spacial score (nSPS) is 11.9. The highest BCUT2D eigenvalue weighted by molar-refractivity contribution is 7.13. The van der Waals surface area contributed by atoms with E-state index < -0.39 is 8.07 Å². The molecule has 0 radical (unpaired) electrons. The molecular weight excluding hydrogens is 400 g/mol. The topological polar surface area (TPSA) is 0 Å². The van der Waals surface area contributed by atoms with Crippen molar-refractivity contribution in [1.82, 2.24) is 0 Å². The lowest BCUT2D eigenvalue weighted by Crippen LogP contribution is -2.65. The Kier molecular flexibility index (Phi) is 4.45. The van der Waals surface area contributed by atoms with E-state index >= 15 is 0 Å². The Morgan fingerprint density at radius 3 is 0.969 bits per heavy atom. The third-order valence-electron chi connectivity index (χ3n) is 6.98. The maximum absolute atomic E-state index is 2.54. The van der Waals surface area contributed by atoms with E-state index in [2.05, 4.69) is 134 Å². The lowest BCUT2D eigenvalue weighted by Gasteiger charge is -2.33. The molecule has 0 aliphatic rings. The monoisotopic (exact) mass is 424 g/mol. The summed E-state index contributed by atoms with van der Waals surface area (Å²) in [6.07, 6.45) is 0. The van der Waals surface area contributed by atoms with Crippen molar-refractivity contribution in [3.05, 3.63) is 127 Å². The molecule has 1 heteroatoms. The molecule has 0 unspecified atom stereocenters. The van der Waals surface area contributed by atoms with Crippen molar-refractivity contribution in [2.45, 2.75) is 6.55 Å². The van der Waals surface area contributed by atoms with Crippen molar-refractivity contribution < 1.29 is 0 Å². The molecule has 0 spiro atoms. The molecule has 6 aromatic rings. The van der Waals surface area contributed by atoms with Crippen LogP contribution in [0.3, 0.4) is 0 Å². The molecule has 0 bridgehead atoms. The van der Waals surface area contributed by atoms with E-state index in [1.165, 1.54) is 47.9 Å². The standard InChI is InChI=1S/C31H24Si/c1-32(29-20-8-14-23-11-2-5-17-26(23)29,30-21-9-15-24-12-3-6-18-27(24)30)31-22-10-16-25-13-4-7-19-28(25)31/h2-22H,1H3. The summed E-state index contributed by atoms with van der Waals surface area (Å²) < 4.78 is 0. The van der Waals surface area contributed by atoms with E-state index in [4.69, 9.17) is 0 Å². The van der Waals surface area contributed by atoms with Gasteiger partial charge >= 0.3 is 0 Å². The molecule has 0 aliphatic heterocycles. The Balaban J connectivity index is 1.81. The summed E-state index contributed by atoms with van der Waals surface area (Å²) in [5.74, 6) is 0. The Labute approximate surface area is 189 Å². The maximum Gasteiger partial charge on any atom is 0.147 e. The number of hydrogen-bond acceptors (Lipinski definition) is 0. The maximum atomic E-state index is 2.54. The average Bonchev–Trinajstić information content (AvgIpc) is 2.87. The van der Waals surface area contributed by atoms with Crippen molar-refractivity contribution in [2.75, 3.05) is 0 Å². The third-order valence-corrected chi connectivity index (χ3v) is 11.5. The van der Waals surface area contributed by atoms with Gasteiger partial charge in [-0.15, -0.1) is 0 Å². The minimum atomic E-state index is -2.37. The van der Waals surface area contributed by atoms with E-state index in [0.29, 0.717) is 0 Å². The van der Waals surface area contributed by atoms with Gasteiger partial charge in [0.25, 0.3) is 0 Å². The van der Waals surface area contributed by atoms with Crippen LogP contribution in [0.5, 0.6) is 0 Å². The van der Waals surface area contributed by atoms with E-state index in [-0.39, 0.29) is 0 Å². The molecule has 152 valence electrons.